The van der Waals surface area contributed by atoms with Crippen molar-refractivity contribution in [2.75, 3.05) is 13.1 Å². The SMILES string of the molecule is Cc1cc(C(=O)N2CC(n3ccnn3)C2)c(C)o1. The molecule has 3 heterocycles. The highest BCUT2D eigenvalue weighted by atomic mass is 16.3. The van der Waals surface area contributed by atoms with Crippen LogP contribution in [0, 0.1) is 13.8 Å². The number of hydrogen-bond acceptors (Lipinski definition) is 4. The largest absolute Gasteiger partial charge is 0.466 e. The number of nitrogens with zero attached hydrogens (tertiary/aromatic N) is 4. The summed E-state index contributed by atoms with van der Waals surface area (Å²) in [5, 5.41) is 7.70. The molecule has 0 atom stereocenters. The molecule has 0 saturated carbocycles. The van der Waals surface area contributed by atoms with Gasteiger partial charge in [0.2, 0.25) is 0 Å². The van der Waals surface area contributed by atoms with E-state index in [1.165, 1.54) is 0 Å². The maximum absolute atomic E-state index is 12.2. The fraction of sp³-hybridized carbons (Fsp3) is 0.417. The zero-order valence-corrected chi connectivity index (χ0v) is 10.3. The van der Waals surface area contributed by atoms with Crippen LogP contribution in [0.25, 0.3) is 0 Å². The van der Waals surface area contributed by atoms with Crippen molar-refractivity contribution in [3.63, 3.8) is 0 Å². The number of aromatic nitrogens is 3. The summed E-state index contributed by atoms with van der Waals surface area (Å²) in [5.41, 5.74) is 0.657. The Kier molecular flexibility index (Phi) is 2.43. The molecule has 1 saturated heterocycles. The van der Waals surface area contributed by atoms with E-state index in [1.807, 2.05) is 20.0 Å². The van der Waals surface area contributed by atoms with Gasteiger partial charge in [0.1, 0.15) is 11.5 Å². The van der Waals surface area contributed by atoms with Crippen LogP contribution in [0.15, 0.2) is 22.9 Å². The van der Waals surface area contributed by atoms with E-state index >= 15 is 0 Å². The molecule has 0 radical (unpaired) electrons. The molecule has 0 N–H and O–H groups in total. The topological polar surface area (TPSA) is 64.2 Å². The number of likely N-dealkylation sites (tertiary alicyclic amines) is 1. The average molecular weight is 246 g/mol. The van der Waals surface area contributed by atoms with Crippen LogP contribution >= 0.6 is 0 Å². The fourth-order valence-electron chi connectivity index (χ4n) is 2.21. The van der Waals surface area contributed by atoms with Crippen LogP contribution in [0.3, 0.4) is 0 Å². The van der Waals surface area contributed by atoms with E-state index in [2.05, 4.69) is 10.3 Å². The predicted octanol–water partition coefficient (Wildman–Crippen LogP) is 1.19. The molecule has 1 fully saturated rings. The van der Waals surface area contributed by atoms with Crippen LogP contribution in [0.4, 0.5) is 0 Å². The molecule has 3 rings (SSSR count). The number of furan rings is 1. The second-order valence-electron chi connectivity index (χ2n) is 4.57. The van der Waals surface area contributed by atoms with Crippen LogP contribution < -0.4 is 0 Å². The smallest absolute Gasteiger partial charge is 0.257 e. The van der Waals surface area contributed by atoms with E-state index in [9.17, 15) is 4.79 Å². The van der Waals surface area contributed by atoms with E-state index in [1.54, 1.807) is 21.8 Å². The molecule has 6 heteroatoms. The summed E-state index contributed by atoms with van der Waals surface area (Å²) in [7, 11) is 0. The molecule has 18 heavy (non-hydrogen) atoms. The number of hydrogen-bond donors (Lipinski definition) is 0. The Hall–Kier alpha value is -2.11. The van der Waals surface area contributed by atoms with E-state index in [0.717, 1.165) is 5.76 Å². The molecule has 2 aromatic heterocycles. The van der Waals surface area contributed by atoms with Gasteiger partial charge in [-0.3, -0.25) is 4.79 Å². The predicted molar refractivity (Wildman–Crippen MR) is 63.1 cm³/mol. The molecular weight excluding hydrogens is 232 g/mol. The zero-order valence-electron chi connectivity index (χ0n) is 10.3. The van der Waals surface area contributed by atoms with Gasteiger partial charge < -0.3 is 9.32 Å². The van der Waals surface area contributed by atoms with Gasteiger partial charge in [-0.15, -0.1) is 5.10 Å². The van der Waals surface area contributed by atoms with Gasteiger partial charge in [-0.2, -0.15) is 0 Å². The highest BCUT2D eigenvalue weighted by Gasteiger charge is 2.34. The molecule has 0 aliphatic carbocycles. The van der Waals surface area contributed by atoms with Crippen LogP contribution in [0.5, 0.6) is 0 Å². The number of aryl methyl sites for hydroxylation is 2. The first-order chi connectivity index (χ1) is 8.65. The number of carbonyl (C=O) groups excluding carboxylic acids is 1. The van der Waals surface area contributed by atoms with E-state index in [4.69, 9.17) is 4.42 Å². The molecule has 0 spiro atoms. The highest BCUT2D eigenvalue weighted by Crippen LogP contribution is 2.24. The molecule has 1 aliphatic heterocycles. The monoisotopic (exact) mass is 246 g/mol. The molecule has 2 aromatic rings. The van der Waals surface area contributed by atoms with Crippen molar-refractivity contribution in [1.82, 2.24) is 19.9 Å². The Morgan fingerprint density at radius 2 is 2.22 bits per heavy atom. The van der Waals surface area contributed by atoms with Crippen molar-refractivity contribution in [1.29, 1.82) is 0 Å². The summed E-state index contributed by atoms with van der Waals surface area (Å²) in [4.78, 5) is 14.0. The Morgan fingerprint density at radius 1 is 1.44 bits per heavy atom. The average Bonchev–Trinajstić information content (AvgIpc) is 2.86. The summed E-state index contributed by atoms with van der Waals surface area (Å²) in [6, 6.07) is 2.03. The Labute approximate surface area is 104 Å². The lowest BCUT2D eigenvalue weighted by Gasteiger charge is -2.38. The van der Waals surface area contributed by atoms with Crippen LogP contribution in [0.1, 0.15) is 27.9 Å². The first-order valence-electron chi connectivity index (χ1n) is 5.87. The summed E-state index contributed by atoms with van der Waals surface area (Å²) >= 11 is 0. The van der Waals surface area contributed by atoms with Crippen molar-refractivity contribution < 1.29 is 9.21 Å². The number of rotatable bonds is 2. The maximum atomic E-state index is 12.2. The maximum Gasteiger partial charge on any atom is 0.257 e. The highest BCUT2D eigenvalue weighted by molar-refractivity contribution is 5.95. The lowest BCUT2D eigenvalue weighted by molar-refractivity contribution is 0.0496. The van der Waals surface area contributed by atoms with Crippen molar-refractivity contribution >= 4 is 5.91 Å². The normalized spacial score (nSPS) is 15.8. The third-order valence-electron chi connectivity index (χ3n) is 3.24. The Bertz CT molecular complexity index is 567. The minimum atomic E-state index is 0.0284. The van der Waals surface area contributed by atoms with Gasteiger partial charge in [-0.1, -0.05) is 5.21 Å². The van der Waals surface area contributed by atoms with Crippen molar-refractivity contribution in [3.05, 3.63) is 35.5 Å². The standard InChI is InChI=1S/C12H14N4O2/c1-8-5-11(9(2)18-8)12(17)15-6-10(7-15)16-4-3-13-14-16/h3-5,10H,6-7H2,1-2H3. The summed E-state index contributed by atoms with van der Waals surface area (Å²) in [6.07, 6.45) is 3.47. The van der Waals surface area contributed by atoms with Crippen LogP contribution in [-0.4, -0.2) is 38.9 Å². The summed E-state index contributed by atoms with van der Waals surface area (Å²) in [6.45, 7) is 5.00. The molecular formula is C12H14N4O2. The molecule has 1 aliphatic rings. The summed E-state index contributed by atoms with van der Waals surface area (Å²) < 4.78 is 7.17. The second-order valence-corrected chi connectivity index (χ2v) is 4.57. The van der Waals surface area contributed by atoms with Gasteiger partial charge in [0.15, 0.2) is 0 Å². The van der Waals surface area contributed by atoms with Gasteiger partial charge in [-0.05, 0) is 19.9 Å². The quantitative estimate of drug-likeness (QED) is 0.798. The lowest BCUT2D eigenvalue weighted by Crippen LogP contribution is -2.50. The molecule has 0 bridgehead atoms. The number of amides is 1. The zero-order chi connectivity index (χ0) is 12.7. The summed E-state index contributed by atoms with van der Waals surface area (Å²) in [5.74, 6) is 1.48. The van der Waals surface area contributed by atoms with E-state index in [0.29, 0.717) is 24.4 Å². The van der Waals surface area contributed by atoms with Gasteiger partial charge >= 0.3 is 0 Å². The second kappa shape index (κ2) is 3.97. The molecule has 6 nitrogen and oxygen atoms in total. The first-order valence-corrected chi connectivity index (χ1v) is 5.87. The van der Waals surface area contributed by atoms with Gasteiger partial charge in [0, 0.05) is 19.3 Å². The fourth-order valence-corrected chi connectivity index (χ4v) is 2.21. The molecule has 0 unspecified atom stereocenters. The molecule has 0 aromatic carbocycles. The minimum absolute atomic E-state index is 0.0284. The Morgan fingerprint density at radius 3 is 2.78 bits per heavy atom. The minimum Gasteiger partial charge on any atom is -0.466 e. The van der Waals surface area contributed by atoms with Gasteiger partial charge in [-0.25, -0.2) is 4.68 Å². The first kappa shape index (κ1) is 11.0. The Balaban J connectivity index is 1.68. The van der Waals surface area contributed by atoms with Crippen LogP contribution in [-0.2, 0) is 0 Å². The van der Waals surface area contributed by atoms with E-state index < -0.39 is 0 Å². The van der Waals surface area contributed by atoms with Gasteiger partial charge in [0.25, 0.3) is 5.91 Å². The third kappa shape index (κ3) is 1.70. The lowest BCUT2D eigenvalue weighted by atomic mass is 10.1. The molecule has 94 valence electrons. The van der Waals surface area contributed by atoms with E-state index in [-0.39, 0.29) is 11.9 Å². The van der Waals surface area contributed by atoms with Crippen LogP contribution in [0.2, 0.25) is 0 Å². The van der Waals surface area contributed by atoms with Crippen molar-refractivity contribution in [3.8, 4) is 0 Å². The number of carbonyl (C=O) groups is 1. The van der Waals surface area contributed by atoms with Crippen molar-refractivity contribution in [2.45, 2.75) is 19.9 Å². The third-order valence-corrected chi connectivity index (χ3v) is 3.24. The van der Waals surface area contributed by atoms with Gasteiger partial charge in [0.05, 0.1) is 17.8 Å². The van der Waals surface area contributed by atoms with Crippen molar-refractivity contribution in [2.24, 2.45) is 0 Å². The molecule has 1 amide bonds.